The number of benzene rings is 1. The van der Waals surface area contributed by atoms with Gasteiger partial charge in [-0.15, -0.1) is 0 Å². The van der Waals surface area contributed by atoms with Crippen molar-refractivity contribution in [3.8, 4) is 0 Å². The molecule has 2 aromatic rings. The Kier molecular flexibility index (Phi) is 2.39. The number of fused-ring (bicyclic) bond motifs is 1. The average molecular weight is 227 g/mol. The van der Waals surface area contributed by atoms with Gasteiger partial charge in [-0.3, -0.25) is 4.98 Å². The quantitative estimate of drug-likeness (QED) is 0.820. The normalized spacial score (nSPS) is 15.1. The van der Waals surface area contributed by atoms with Crippen LogP contribution in [0.4, 0.5) is 11.4 Å². The standard InChI is InChI=1S/C14H17N3/c1-17(9-10-4-5-10)13-7-6-12(15)14-11(13)3-2-8-16-14/h2-3,6-8,10H,4-5,9,15H2,1H3. The summed E-state index contributed by atoms with van der Waals surface area (Å²) < 4.78 is 0. The Balaban J connectivity index is 2.05. The Hall–Kier alpha value is -1.77. The molecule has 0 spiro atoms. The van der Waals surface area contributed by atoms with Crippen molar-refractivity contribution >= 4 is 22.3 Å². The Morgan fingerprint density at radius 1 is 1.35 bits per heavy atom. The van der Waals surface area contributed by atoms with Gasteiger partial charge in [0.15, 0.2) is 0 Å². The summed E-state index contributed by atoms with van der Waals surface area (Å²) in [5, 5.41) is 1.15. The van der Waals surface area contributed by atoms with Gasteiger partial charge in [-0.05, 0) is 43.0 Å². The number of nitrogen functional groups attached to an aromatic ring is 1. The molecule has 1 aliphatic rings. The highest BCUT2D eigenvalue weighted by molar-refractivity contribution is 5.98. The van der Waals surface area contributed by atoms with Crippen LogP contribution in [0, 0.1) is 5.92 Å². The molecule has 0 amide bonds. The average Bonchev–Trinajstić information content (AvgIpc) is 3.14. The van der Waals surface area contributed by atoms with Crippen LogP contribution in [0.5, 0.6) is 0 Å². The zero-order chi connectivity index (χ0) is 11.8. The number of nitrogens with zero attached hydrogens (tertiary/aromatic N) is 2. The van der Waals surface area contributed by atoms with Gasteiger partial charge in [0.1, 0.15) is 0 Å². The Morgan fingerprint density at radius 3 is 2.94 bits per heavy atom. The molecule has 1 aromatic carbocycles. The number of nitrogens with two attached hydrogens (primary N) is 1. The molecular formula is C14H17N3. The largest absolute Gasteiger partial charge is 0.397 e. The van der Waals surface area contributed by atoms with E-state index in [2.05, 4.69) is 29.1 Å². The topological polar surface area (TPSA) is 42.1 Å². The van der Waals surface area contributed by atoms with E-state index in [1.165, 1.54) is 18.5 Å². The summed E-state index contributed by atoms with van der Waals surface area (Å²) in [7, 11) is 2.15. The van der Waals surface area contributed by atoms with Gasteiger partial charge in [0, 0.05) is 30.9 Å². The first-order valence-electron chi connectivity index (χ1n) is 6.10. The van der Waals surface area contributed by atoms with Crippen molar-refractivity contribution in [1.82, 2.24) is 4.98 Å². The van der Waals surface area contributed by atoms with Gasteiger partial charge < -0.3 is 10.6 Å². The van der Waals surface area contributed by atoms with Crippen LogP contribution < -0.4 is 10.6 Å². The van der Waals surface area contributed by atoms with Crippen LogP contribution in [0.25, 0.3) is 10.9 Å². The molecule has 2 N–H and O–H groups in total. The fraction of sp³-hybridized carbons (Fsp3) is 0.357. The molecule has 0 bridgehead atoms. The SMILES string of the molecule is CN(CC1CC1)c1ccc(N)c2ncccc12. The lowest BCUT2D eigenvalue weighted by Crippen LogP contribution is -2.20. The Bertz CT molecular complexity index is 546. The molecule has 17 heavy (non-hydrogen) atoms. The van der Waals surface area contributed by atoms with Gasteiger partial charge in [-0.1, -0.05) is 0 Å². The van der Waals surface area contributed by atoms with Gasteiger partial charge in [-0.25, -0.2) is 0 Å². The van der Waals surface area contributed by atoms with Crippen LogP contribution in [-0.4, -0.2) is 18.6 Å². The van der Waals surface area contributed by atoms with Crippen LogP contribution in [0.15, 0.2) is 30.5 Å². The fourth-order valence-electron chi connectivity index (χ4n) is 2.30. The lowest BCUT2D eigenvalue weighted by Gasteiger charge is -2.21. The smallest absolute Gasteiger partial charge is 0.0951 e. The number of hydrogen-bond acceptors (Lipinski definition) is 3. The van der Waals surface area contributed by atoms with Crippen LogP contribution in [-0.2, 0) is 0 Å². The minimum absolute atomic E-state index is 0.754. The molecule has 0 aliphatic heterocycles. The highest BCUT2D eigenvalue weighted by atomic mass is 15.1. The molecule has 0 atom stereocenters. The number of aromatic nitrogens is 1. The monoisotopic (exact) mass is 227 g/mol. The van der Waals surface area contributed by atoms with Gasteiger partial charge in [0.2, 0.25) is 0 Å². The maximum Gasteiger partial charge on any atom is 0.0951 e. The second kappa shape index (κ2) is 3.91. The van der Waals surface area contributed by atoms with Crippen molar-refractivity contribution in [2.75, 3.05) is 24.2 Å². The molecule has 3 nitrogen and oxygen atoms in total. The van der Waals surface area contributed by atoms with E-state index in [4.69, 9.17) is 5.73 Å². The van der Waals surface area contributed by atoms with E-state index in [1.807, 2.05) is 12.1 Å². The van der Waals surface area contributed by atoms with Crippen LogP contribution in [0.2, 0.25) is 0 Å². The van der Waals surface area contributed by atoms with Crippen molar-refractivity contribution in [2.24, 2.45) is 5.92 Å². The second-order valence-electron chi connectivity index (χ2n) is 4.90. The third-order valence-corrected chi connectivity index (χ3v) is 3.42. The van der Waals surface area contributed by atoms with Crippen molar-refractivity contribution in [1.29, 1.82) is 0 Å². The van der Waals surface area contributed by atoms with Crippen molar-refractivity contribution in [3.05, 3.63) is 30.5 Å². The van der Waals surface area contributed by atoms with E-state index >= 15 is 0 Å². The molecule has 0 radical (unpaired) electrons. The first-order chi connectivity index (χ1) is 8.25. The molecule has 1 saturated carbocycles. The summed E-state index contributed by atoms with van der Waals surface area (Å²) in [6, 6.07) is 8.11. The lowest BCUT2D eigenvalue weighted by molar-refractivity contribution is 0.789. The molecule has 1 heterocycles. The minimum Gasteiger partial charge on any atom is -0.397 e. The summed E-state index contributed by atoms with van der Waals surface area (Å²) in [5.41, 5.74) is 8.85. The Morgan fingerprint density at radius 2 is 2.18 bits per heavy atom. The summed E-state index contributed by atoms with van der Waals surface area (Å²) in [4.78, 5) is 6.69. The van der Waals surface area contributed by atoms with Gasteiger partial charge in [0.05, 0.1) is 11.2 Å². The zero-order valence-corrected chi connectivity index (χ0v) is 10.1. The van der Waals surface area contributed by atoms with E-state index in [0.29, 0.717) is 0 Å². The second-order valence-corrected chi connectivity index (χ2v) is 4.90. The maximum absolute atomic E-state index is 5.96. The highest BCUT2D eigenvalue weighted by Crippen LogP contribution is 2.34. The van der Waals surface area contributed by atoms with Crippen LogP contribution in [0.3, 0.4) is 0 Å². The number of anilines is 2. The lowest BCUT2D eigenvalue weighted by atomic mass is 10.1. The third kappa shape index (κ3) is 1.93. The van der Waals surface area contributed by atoms with Crippen molar-refractivity contribution in [2.45, 2.75) is 12.8 Å². The molecule has 1 aliphatic carbocycles. The molecule has 3 rings (SSSR count). The predicted molar refractivity (Wildman–Crippen MR) is 72.1 cm³/mol. The number of rotatable bonds is 3. The first kappa shape index (κ1) is 10.4. The van der Waals surface area contributed by atoms with Gasteiger partial charge in [0.25, 0.3) is 0 Å². The highest BCUT2D eigenvalue weighted by Gasteiger charge is 2.23. The summed E-state index contributed by atoms with van der Waals surface area (Å²) in [5.74, 6) is 0.879. The van der Waals surface area contributed by atoms with Gasteiger partial charge in [-0.2, -0.15) is 0 Å². The maximum atomic E-state index is 5.96. The zero-order valence-electron chi connectivity index (χ0n) is 10.1. The molecule has 3 heteroatoms. The summed E-state index contributed by atoms with van der Waals surface area (Å²) >= 11 is 0. The molecular weight excluding hydrogens is 210 g/mol. The molecule has 0 saturated heterocycles. The fourth-order valence-corrected chi connectivity index (χ4v) is 2.30. The number of pyridine rings is 1. The first-order valence-corrected chi connectivity index (χ1v) is 6.10. The molecule has 88 valence electrons. The van der Waals surface area contributed by atoms with E-state index in [9.17, 15) is 0 Å². The molecule has 1 aromatic heterocycles. The van der Waals surface area contributed by atoms with E-state index in [1.54, 1.807) is 6.20 Å². The third-order valence-electron chi connectivity index (χ3n) is 3.42. The molecule has 1 fully saturated rings. The minimum atomic E-state index is 0.754. The number of hydrogen-bond donors (Lipinski definition) is 1. The summed E-state index contributed by atoms with van der Waals surface area (Å²) in [6.07, 6.45) is 4.54. The van der Waals surface area contributed by atoms with E-state index in [-0.39, 0.29) is 0 Å². The van der Waals surface area contributed by atoms with Crippen LogP contribution in [0.1, 0.15) is 12.8 Å². The van der Waals surface area contributed by atoms with E-state index < -0.39 is 0 Å². The molecule has 0 unspecified atom stereocenters. The predicted octanol–water partition coefficient (Wildman–Crippen LogP) is 2.66. The van der Waals surface area contributed by atoms with Crippen molar-refractivity contribution < 1.29 is 0 Å². The van der Waals surface area contributed by atoms with Crippen LogP contribution >= 0.6 is 0 Å². The van der Waals surface area contributed by atoms with Crippen molar-refractivity contribution in [3.63, 3.8) is 0 Å². The summed E-state index contributed by atoms with van der Waals surface area (Å²) in [6.45, 7) is 1.13. The van der Waals surface area contributed by atoms with E-state index in [0.717, 1.165) is 29.1 Å². The van der Waals surface area contributed by atoms with Gasteiger partial charge >= 0.3 is 0 Å². The Labute approximate surface area is 101 Å².